The molecular weight excluding hydrogens is 445 g/mol. The number of hydrogen-bond donors (Lipinski definition) is 1. The van der Waals surface area contributed by atoms with Gasteiger partial charge in [0.15, 0.2) is 0 Å². The van der Waals surface area contributed by atoms with E-state index in [4.69, 9.17) is 22.1 Å². The molecule has 1 aromatic heterocycles. The van der Waals surface area contributed by atoms with E-state index in [0.717, 1.165) is 6.08 Å². The van der Waals surface area contributed by atoms with Crippen LogP contribution in [-0.2, 0) is 11.3 Å². The smallest absolute Gasteiger partial charge is 0.430 e. The number of ether oxygens (including phenoxy) is 1. The maximum atomic E-state index is 13.0. The zero-order valence-corrected chi connectivity index (χ0v) is 17.3. The van der Waals surface area contributed by atoms with Crippen LogP contribution < -0.4 is 5.73 Å². The molecule has 0 atom stereocenters. The summed E-state index contributed by atoms with van der Waals surface area (Å²) in [6.07, 6.45) is 0.954. The normalized spacial score (nSPS) is 12.6. The van der Waals surface area contributed by atoms with Crippen molar-refractivity contribution in [1.82, 2.24) is 9.55 Å². The quantitative estimate of drug-likeness (QED) is 0.399. The SMILES string of the molecule is NC(=CC(=Nc1ccccc1Cl)c1ccc(C(=O)OCCn2ccnc2)cc1)C(F)(F)F. The van der Waals surface area contributed by atoms with Crippen molar-refractivity contribution in [2.24, 2.45) is 10.7 Å². The van der Waals surface area contributed by atoms with Gasteiger partial charge in [0.2, 0.25) is 0 Å². The number of aromatic nitrogens is 2. The molecule has 32 heavy (non-hydrogen) atoms. The topological polar surface area (TPSA) is 82.5 Å². The Bertz CT molecular complexity index is 1120. The first-order valence-electron chi connectivity index (χ1n) is 9.35. The van der Waals surface area contributed by atoms with Crippen molar-refractivity contribution in [2.45, 2.75) is 12.7 Å². The lowest BCUT2D eigenvalue weighted by molar-refractivity contribution is -0.0925. The fourth-order valence-electron chi connectivity index (χ4n) is 2.60. The van der Waals surface area contributed by atoms with Gasteiger partial charge in [0.25, 0.3) is 0 Å². The Balaban J connectivity index is 1.82. The van der Waals surface area contributed by atoms with Crippen LogP contribution in [0, 0.1) is 0 Å². The largest absolute Gasteiger partial charge is 0.460 e. The number of halogens is 4. The van der Waals surface area contributed by atoms with E-state index in [1.54, 1.807) is 47.6 Å². The van der Waals surface area contributed by atoms with Crippen molar-refractivity contribution in [3.63, 3.8) is 0 Å². The molecule has 10 heteroatoms. The predicted molar refractivity (Wildman–Crippen MR) is 115 cm³/mol. The second-order valence-electron chi connectivity index (χ2n) is 6.56. The first-order chi connectivity index (χ1) is 15.2. The summed E-state index contributed by atoms with van der Waals surface area (Å²) in [6, 6.07) is 12.3. The van der Waals surface area contributed by atoms with E-state index in [2.05, 4.69) is 9.98 Å². The molecule has 0 aliphatic heterocycles. The van der Waals surface area contributed by atoms with Crippen LogP contribution in [0.1, 0.15) is 15.9 Å². The maximum absolute atomic E-state index is 13.0. The number of rotatable bonds is 7. The Morgan fingerprint density at radius 1 is 1.16 bits per heavy atom. The number of benzene rings is 2. The third-order valence-electron chi connectivity index (χ3n) is 4.27. The van der Waals surface area contributed by atoms with Gasteiger partial charge >= 0.3 is 12.1 Å². The summed E-state index contributed by atoms with van der Waals surface area (Å²) in [5.41, 5.74) is 4.65. The van der Waals surface area contributed by atoms with Crippen LogP contribution in [0.25, 0.3) is 0 Å². The van der Waals surface area contributed by atoms with E-state index in [-0.39, 0.29) is 28.6 Å². The number of alkyl halides is 3. The number of carbonyl (C=O) groups excluding carboxylic acids is 1. The Labute approximate surface area is 186 Å². The molecule has 0 unspecified atom stereocenters. The number of esters is 1. The molecule has 0 fully saturated rings. The zero-order valence-electron chi connectivity index (χ0n) is 16.6. The third kappa shape index (κ3) is 6.21. The first kappa shape index (κ1) is 23.1. The van der Waals surface area contributed by atoms with Gasteiger partial charge in [0, 0.05) is 18.0 Å². The number of imidazole rings is 1. The van der Waals surface area contributed by atoms with Gasteiger partial charge in [-0.15, -0.1) is 0 Å². The summed E-state index contributed by atoms with van der Waals surface area (Å²) in [6.45, 7) is 0.584. The molecule has 6 nitrogen and oxygen atoms in total. The number of hydrogen-bond acceptors (Lipinski definition) is 5. The summed E-state index contributed by atoms with van der Waals surface area (Å²) in [4.78, 5) is 20.4. The van der Waals surface area contributed by atoms with Crippen LogP contribution in [0.5, 0.6) is 0 Å². The van der Waals surface area contributed by atoms with Gasteiger partial charge in [0.05, 0.1) is 34.9 Å². The van der Waals surface area contributed by atoms with E-state index in [9.17, 15) is 18.0 Å². The number of allylic oxidation sites excluding steroid dienone is 2. The number of nitrogens with zero attached hydrogens (tertiary/aromatic N) is 3. The molecule has 0 aliphatic carbocycles. The molecule has 3 rings (SSSR count). The van der Waals surface area contributed by atoms with Crippen molar-refractivity contribution < 1.29 is 22.7 Å². The van der Waals surface area contributed by atoms with Crippen molar-refractivity contribution in [3.05, 3.63) is 95.2 Å². The molecule has 3 aromatic rings. The molecule has 0 radical (unpaired) electrons. The van der Waals surface area contributed by atoms with Crippen LogP contribution in [0.2, 0.25) is 5.02 Å². The lowest BCUT2D eigenvalue weighted by Crippen LogP contribution is -2.21. The molecule has 2 aromatic carbocycles. The van der Waals surface area contributed by atoms with Crippen LogP contribution in [0.3, 0.4) is 0 Å². The van der Waals surface area contributed by atoms with E-state index >= 15 is 0 Å². The molecule has 2 N–H and O–H groups in total. The Morgan fingerprint density at radius 3 is 2.47 bits per heavy atom. The van der Waals surface area contributed by atoms with E-state index in [1.165, 1.54) is 24.3 Å². The van der Waals surface area contributed by atoms with Crippen molar-refractivity contribution in [1.29, 1.82) is 0 Å². The zero-order chi connectivity index (χ0) is 23.1. The van der Waals surface area contributed by atoms with Crippen molar-refractivity contribution in [2.75, 3.05) is 6.61 Å². The average molecular weight is 463 g/mol. The van der Waals surface area contributed by atoms with Gasteiger partial charge in [-0.1, -0.05) is 35.9 Å². The van der Waals surface area contributed by atoms with E-state index in [0.29, 0.717) is 12.1 Å². The number of carbonyl (C=O) groups is 1. The highest BCUT2D eigenvalue weighted by Crippen LogP contribution is 2.27. The average Bonchev–Trinajstić information content (AvgIpc) is 3.27. The second-order valence-corrected chi connectivity index (χ2v) is 6.97. The first-order valence-corrected chi connectivity index (χ1v) is 9.73. The summed E-state index contributed by atoms with van der Waals surface area (Å²) < 4.78 is 45.9. The highest BCUT2D eigenvalue weighted by Gasteiger charge is 2.31. The van der Waals surface area contributed by atoms with Crippen LogP contribution in [-0.4, -0.2) is 34.0 Å². The Hall–Kier alpha value is -3.59. The lowest BCUT2D eigenvalue weighted by atomic mass is 10.1. The minimum absolute atomic E-state index is 0.0621. The van der Waals surface area contributed by atoms with E-state index in [1.807, 2.05) is 0 Å². The van der Waals surface area contributed by atoms with Crippen molar-refractivity contribution in [3.8, 4) is 0 Å². The molecule has 166 valence electrons. The van der Waals surface area contributed by atoms with Gasteiger partial charge in [-0.3, -0.25) is 0 Å². The molecule has 0 bridgehead atoms. The Kier molecular flexibility index (Phi) is 7.32. The van der Waals surface area contributed by atoms with Gasteiger partial charge in [-0.25, -0.2) is 14.8 Å². The monoisotopic (exact) mass is 462 g/mol. The second kappa shape index (κ2) is 10.1. The Morgan fingerprint density at radius 2 is 1.84 bits per heavy atom. The van der Waals surface area contributed by atoms with Gasteiger partial charge in [-0.2, -0.15) is 13.2 Å². The molecule has 0 aliphatic rings. The summed E-state index contributed by atoms with van der Waals surface area (Å²) in [7, 11) is 0. The minimum atomic E-state index is -4.72. The molecule has 0 saturated carbocycles. The molecular formula is C22H18ClF3N4O2. The van der Waals surface area contributed by atoms with Crippen molar-refractivity contribution >= 4 is 29.0 Å². The number of aliphatic imine (C=N–C) groups is 1. The summed E-state index contributed by atoms with van der Waals surface area (Å²) >= 11 is 6.09. The van der Waals surface area contributed by atoms with Crippen LogP contribution in [0.4, 0.5) is 18.9 Å². The van der Waals surface area contributed by atoms with Gasteiger partial charge in [-0.05, 0) is 30.3 Å². The molecule has 0 spiro atoms. The third-order valence-corrected chi connectivity index (χ3v) is 4.59. The highest BCUT2D eigenvalue weighted by molar-refractivity contribution is 6.33. The number of para-hydroxylation sites is 1. The van der Waals surface area contributed by atoms with Crippen LogP contribution in [0.15, 0.2) is 84.0 Å². The fourth-order valence-corrected chi connectivity index (χ4v) is 2.78. The van der Waals surface area contributed by atoms with Gasteiger partial charge in [0.1, 0.15) is 12.3 Å². The lowest BCUT2D eigenvalue weighted by Gasteiger charge is -2.10. The predicted octanol–water partition coefficient (Wildman–Crippen LogP) is 4.92. The van der Waals surface area contributed by atoms with Crippen LogP contribution >= 0.6 is 11.6 Å². The number of nitrogens with two attached hydrogens (primary N) is 1. The molecule has 0 saturated heterocycles. The summed E-state index contributed by atoms with van der Waals surface area (Å²) in [5.74, 6) is -0.563. The minimum Gasteiger partial charge on any atom is -0.460 e. The molecule has 0 amide bonds. The van der Waals surface area contributed by atoms with E-state index < -0.39 is 17.8 Å². The maximum Gasteiger partial charge on any atom is 0.430 e. The fraction of sp³-hybridized carbons (Fsp3) is 0.136. The standard InChI is InChI=1S/C22H18ClF3N4O2/c23-17-3-1-2-4-18(17)29-19(13-20(27)22(24,25)26)15-5-7-16(8-6-15)21(31)32-12-11-30-10-9-28-14-30/h1-10,13-14H,11-12,27H2. The molecule has 1 heterocycles. The summed E-state index contributed by atoms with van der Waals surface area (Å²) in [5, 5.41) is 0.266. The van der Waals surface area contributed by atoms with Gasteiger partial charge < -0.3 is 15.0 Å². The highest BCUT2D eigenvalue weighted by atomic mass is 35.5.